The van der Waals surface area contributed by atoms with Gasteiger partial charge in [-0.1, -0.05) is 12.1 Å². The highest BCUT2D eigenvalue weighted by atomic mass is 19.1. The highest BCUT2D eigenvalue weighted by Crippen LogP contribution is 2.48. The van der Waals surface area contributed by atoms with Crippen LogP contribution in [0.5, 0.6) is 0 Å². The molecule has 1 aliphatic heterocycles. The number of rotatable bonds is 3. The van der Waals surface area contributed by atoms with E-state index in [9.17, 15) is 9.18 Å². The maximum atomic E-state index is 12.9. The van der Waals surface area contributed by atoms with Gasteiger partial charge in [0.2, 0.25) is 5.91 Å². The first-order valence-electron chi connectivity index (χ1n) is 7.86. The van der Waals surface area contributed by atoms with E-state index in [1.807, 2.05) is 11.8 Å². The Hall–Kier alpha value is -1.42. The number of piperidine rings is 1. The van der Waals surface area contributed by atoms with Crippen molar-refractivity contribution in [3.05, 3.63) is 35.6 Å². The van der Waals surface area contributed by atoms with Gasteiger partial charge in [-0.3, -0.25) is 4.79 Å². The second kappa shape index (κ2) is 5.76. The summed E-state index contributed by atoms with van der Waals surface area (Å²) in [6.07, 6.45) is 2.92. The Morgan fingerprint density at radius 2 is 1.90 bits per heavy atom. The summed E-state index contributed by atoms with van der Waals surface area (Å²) in [5.74, 6) is 0.973. The van der Waals surface area contributed by atoms with E-state index in [0.717, 1.165) is 37.9 Å². The highest BCUT2D eigenvalue weighted by Gasteiger charge is 2.46. The topological polar surface area (TPSA) is 46.3 Å². The number of nitrogens with two attached hydrogens (primary N) is 1. The molecule has 0 spiro atoms. The van der Waals surface area contributed by atoms with Crippen LogP contribution in [0.3, 0.4) is 0 Å². The molecule has 0 aromatic heterocycles. The van der Waals surface area contributed by atoms with Gasteiger partial charge >= 0.3 is 0 Å². The smallest absolute Gasteiger partial charge is 0.226 e. The molecule has 4 heteroatoms. The lowest BCUT2D eigenvalue weighted by atomic mass is 9.91. The maximum Gasteiger partial charge on any atom is 0.226 e. The highest BCUT2D eigenvalue weighted by molar-refractivity contribution is 5.83. The minimum Gasteiger partial charge on any atom is -0.342 e. The predicted molar refractivity (Wildman–Crippen MR) is 80.2 cm³/mol. The SMILES string of the molecule is CC(N)C1CCN(C(=O)C2CC2c2ccc(F)cc2)CC1. The fraction of sp³-hybridized carbons (Fsp3) is 0.588. The summed E-state index contributed by atoms with van der Waals surface area (Å²) in [6, 6.07) is 6.77. The molecule has 2 fully saturated rings. The average Bonchev–Trinajstić information content (AvgIpc) is 3.28. The van der Waals surface area contributed by atoms with Crippen LogP contribution >= 0.6 is 0 Å². The Bertz CT molecular complexity index is 506. The summed E-state index contributed by atoms with van der Waals surface area (Å²) >= 11 is 0. The third kappa shape index (κ3) is 3.10. The molecule has 1 saturated heterocycles. The number of halogens is 1. The largest absolute Gasteiger partial charge is 0.342 e. The molecule has 0 radical (unpaired) electrons. The van der Waals surface area contributed by atoms with Crippen molar-refractivity contribution in [2.24, 2.45) is 17.6 Å². The van der Waals surface area contributed by atoms with Gasteiger partial charge < -0.3 is 10.6 Å². The van der Waals surface area contributed by atoms with Crippen LogP contribution in [-0.4, -0.2) is 29.9 Å². The van der Waals surface area contributed by atoms with Crippen LogP contribution in [0.4, 0.5) is 4.39 Å². The molecule has 3 rings (SSSR count). The average molecular weight is 290 g/mol. The van der Waals surface area contributed by atoms with Gasteiger partial charge in [-0.2, -0.15) is 0 Å². The van der Waals surface area contributed by atoms with Gasteiger partial charge in [-0.15, -0.1) is 0 Å². The van der Waals surface area contributed by atoms with Crippen molar-refractivity contribution in [1.82, 2.24) is 4.90 Å². The van der Waals surface area contributed by atoms with Crippen LogP contribution in [0.25, 0.3) is 0 Å². The van der Waals surface area contributed by atoms with Crippen LogP contribution in [0.1, 0.15) is 37.7 Å². The predicted octanol–water partition coefficient (Wildman–Crippen LogP) is 2.52. The lowest BCUT2D eigenvalue weighted by molar-refractivity contribution is -0.134. The second-order valence-electron chi connectivity index (χ2n) is 6.52. The first-order chi connectivity index (χ1) is 10.1. The van der Waals surface area contributed by atoms with E-state index in [4.69, 9.17) is 5.73 Å². The molecule has 2 N–H and O–H groups in total. The molecule has 1 amide bonds. The number of carbonyl (C=O) groups is 1. The molecule has 0 bridgehead atoms. The van der Waals surface area contributed by atoms with E-state index >= 15 is 0 Å². The van der Waals surface area contributed by atoms with E-state index in [-0.39, 0.29) is 29.6 Å². The number of hydrogen-bond acceptors (Lipinski definition) is 2. The summed E-state index contributed by atoms with van der Waals surface area (Å²) in [5.41, 5.74) is 7.02. The minimum absolute atomic E-state index is 0.0994. The normalized spacial score (nSPS) is 27.5. The maximum absolute atomic E-state index is 12.9. The number of benzene rings is 1. The van der Waals surface area contributed by atoms with Crippen LogP contribution in [0, 0.1) is 17.7 Å². The van der Waals surface area contributed by atoms with Crippen molar-refractivity contribution in [2.75, 3.05) is 13.1 Å². The number of likely N-dealkylation sites (tertiary alicyclic amines) is 1. The molecule has 3 unspecified atom stereocenters. The van der Waals surface area contributed by atoms with Gasteiger partial charge in [-0.25, -0.2) is 4.39 Å². The number of nitrogens with zero attached hydrogens (tertiary/aromatic N) is 1. The molecule has 1 aromatic carbocycles. The fourth-order valence-electron chi connectivity index (χ4n) is 3.43. The summed E-state index contributed by atoms with van der Waals surface area (Å²) in [4.78, 5) is 14.5. The summed E-state index contributed by atoms with van der Waals surface area (Å²) < 4.78 is 12.9. The Morgan fingerprint density at radius 3 is 2.48 bits per heavy atom. The zero-order chi connectivity index (χ0) is 15.0. The van der Waals surface area contributed by atoms with Crippen molar-refractivity contribution in [3.8, 4) is 0 Å². The van der Waals surface area contributed by atoms with Gasteiger partial charge in [0.25, 0.3) is 0 Å². The van der Waals surface area contributed by atoms with Gasteiger partial charge in [0.1, 0.15) is 5.82 Å². The first-order valence-corrected chi connectivity index (χ1v) is 7.86. The van der Waals surface area contributed by atoms with E-state index in [1.165, 1.54) is 12.1 Å². The molecule has 1 saturated carbocycles. The van der Waals surface area contributed by atoms with Crippen LogP contribution < -0.4 is 5.73 Å². The van der Waals surface area contributed by atoms with Gasteiger partial charge in [0.15, 0.2) is 0 Å². The lowest BCUT2D eigenvalue weighted by Crippen LogP contribution is -2.43. The van der Waals surface area contributed by atoms with E-state index in [0.29, 0.717) is 5.92 Å². The van der Waals surface area contributed by atoms with E-state index in [2.05, 4.69) is 0 Å². The van der Waals surface area contributed by atoms with Crippen molar-refractivity contribution in [2.45, 2.75) is 38.1 Å². The summed E-state index contributed by atoms with van der Waals surface area (Å²) in [6.45, 7) is 3.71. The molecule has 3 atom stereocenters. The number of hydrogen-bond donors (Lipinski definition) is 1. The van der Waals surface area contributed by atoms with Gasteiger partial charge in [0.05, 0.1) is 0 Å². The zero-order valence-electron chi connectivity index (χ0n) is 12.5. The standard InChI is InChI=1S/C17H23FN2O/c1-11(19)12-6-8-20(9-7-12)17(21)16-10-15(16)13-2-4-14(18)5-3-13/h2-5,11-12,15-16H,6-10,19H2,1H3. The Morgan fingerprint density at radius 1 is 1.29 bits per heavy atom. The second-order valence-corrected chi connectivity index (χ2v) is 6.52. The zero-order valence-corrected chi connectivity index (χ0v) is 12.5. The molecule has 1 aliphatic carbocycles. The van der Waals surface area contributed by atoms with Gasteiger partial charge in [0, 0.05) is 25.0 Å². The first kappa shape index (κ1) is 14.5. The van der Waals surface area contributed by atoms with Crippen LogP contribution in [0.15, 0.2) is 24.3 Å². The monoisotopic (exact) mass is 290 g/mol. The van der Waals surface area contributed by atoms with Crippen LogP contribution in [-0.2, 0) is 4.79 Å². The van der Waals surface area contributed by atoms with Crippen molar-refractivity contribution in [3.63, 3.8) is 0 Å². The third-order valence-electron chi connectivity index (χ3n) is 5.00. The quantitative estimate of drug-likeness (QED) is 0.929. The molecule has 2 aliphatic rings. The Labute approximate surface area is 125 Å². The van der Waals surface area contributed by atoms with Crippen molar-refractivity contribution >= 4 is 5.91 Å². The van der Waals surface area contributed by atoms with Crippen molar-refractivity contribution < 1.29 is 9.18 Å². The minimum atomic E-state index is -0.222. The fourth-order valence-corrected chi connectivity index (χ4v) is 3.43. The van der Waals surface area contributed by atoms with Crippen LogP contribution in [0.2, 0.25) is 0 Å². The Kier molecular flexibility index (Phi) is 3.98. The summed E-state index contributed by atoms with van der Waals surface area (Å²) in [7, 11) is 0. The third-order valence-corrected chi connectivity index (χ3v) is 5.00. The Balaban J connectivity index is 1.55. The van der Waals surface area contributed by atoms with E-state index in [1.54, 1.807) is 12.1 Å². The molecule has 21 heavy (non-hydrogen) atoms. The molecule has 1 heterocycles. The van der Waals surface area contributed by atoms with Gasteiger partial charge in [-0.05, 0) is 55.7 Å². The molecular formula is C17H23FN2O. The number of amides is 1. The molecule has 114 valence electrons. The molecule has 1 aromatic rings. The van der Waals surface area contributed by atoms with Crippen molar-refractivity contribution in [1.29, 1.82) is 0 Å². The molecule has 3 nitrogen and oxygen atoms in total. The lowest BCUT2D eigenvalue weighted by Gasteiger charge is -2.34. The summed E-state index contributed by atoms with van der Waals surface area (Å²) in [5, 5.41) is 0. The molecular weight excluding hydrogens is 267 g/mol. The number of carbonyl (C=O) groups excluding carboxylic acids is 1. The van der Waals surface area contributed by atoms with E-state index < -0.39 is 0 Å².